The number of benzene rings is 2. The number of aryl methyl sites for hydroxylation is 2. The van der Waals surface area contributed by atoms with E-state index in [4.69, 9.17) is 44.0 Å². The van der Waals surface area contributed by atoms with Gasteiger partial charge in [-0.2, -0.15) is 5.10 Å². The number of hydrogen-bond donors (Lipinski definition) is 1. The molecule has 1 N–H and O–H groups in total. The normalized spacial score (nSPS) is 11.0. The fraction of sp³-hybridized carbons (Fsp3) is 0.200. The zero-order valence-electron chi connectivity index (χ0n) is 18.8. The summed E-state index contributed by atoms with van der Waals surface area (Å²) in [5.41, 5.74) is 3.90. The number of anilines is 1. The minimum absolute atomic E-state index is 0.179. The molecular weight excluding hydrogens is 497 g/mol. The van der Waals surface area contributed by atoms with Gasteiger partial charge in [0.2, 0.25) is 0 Å². The molecule has 0 aliphatic heterocycles. The van der Waals surface area contributed by atoms with E-state index in [-0.39, 0.29) is 18.3 Å². The van der Waals surface area contributed by atoms with Gasteiger partial charge in [0.1, 0.15) is 18.1 Å². The number of rotatable bonds is 7. The van der Waals surface area contributed by atoms with Crippen LogP contribution in [-0.2, 0) is 13.2 Å². The highest BCUT2D eigenvalue weighted by Crippen LogP contribution is 2.26. The topological polar surface area (TPSA) is 69.3 Å². The van der Waals surface area contributed by atoms with Crippen molar-refractivity contribution < 1.29 is 13.9 Å². The monoisotopic (exact) mass is 517 g/mol. The van der Waals surface area contributed by atoms with Crippen molar-refractivity contribution in [3.63, 3.8) is 0 Å². The van der Waals surface area contributed by atoms with E-state index in [1.807, 2.05) is 32.9 Å². The standard InChI is InChI=1S/C25H22Cl3N3O3/c1-14-10-18(26)6-8-22(14)33-13-20-7-9-23(34-20)25(32)29-24-15(2)30-31(16(24)3)12-17-4-5-19(27)11-21(17)28/h4-11H,12-13H2,1-3H3,(H,29,32). The zero-order valence-corrected chi connectivity index (χ0v) is 21.1. The summed E-state index contributed by atoms with van der Waals surface area (Å²) in [6, 6.07) is 14.0. The Bertz CT molecular complexity index is 1360. The summed E-state index contributed by atoms with van der Waals surface area (Å²) in [6.45, 7) is 6.26. The first-order valence-corrected chi connectivity index (χ1v) is 11.6. The molecule has 0 saturated heterocycles. The van der Waals surface area contributed by atoms with Crippen molar-refractivity contribution in [3.05, 3.63) is 97.6 Å². The Morgan fingerprint density at radius 1 is 1.03 bits per heavy atom. The fourth-order valence-electron chi connectivity index (χ4n) is 3.52. The van der Waals surface area contributed by atoms with Gasteiger partial charge in [-0.25, -0.2) is 0 Å². The maximum atomic E-state index is 12.8. The molecule has 2 aromatic heterocycles. The van der Waals surface area contributed by atoms with Crippen molar-refractivity contribution in [2.24, 2.45) is 0 Å². The molecule has 4 aromatic rings. The van der Waals surface area contributed by atoms with Crippen LogP contribution in [0.3, 0.4) is 0 Å². The number of carbonyl (C=O) groups excluding carboxylic acids is 1. The van der Waals surface area contributed by atoms with Crippen molar-refractivity contribution in [2.75, 3.05) is 5.32 Å². The lowest BCUT2D eigenvalue weighted by Crippen LogP contribution is -2.12. The molecule has 0 fully saturated rings. The molecule has 0 spiro atoms. The van der Waals surface area contributed by atoms with E-state index in [1.54, 1.807) is 41.1 Å². The number of halogens is 3. The second-order valence-corrected chi connectivity index (χ2v) is 9.14. The number of furan rings is 1. The summed E-state index contributed by atoms with van der Waals surface area (Å²) in [5, 5.41) is 9.23. The second kappa shape index (κ2) is 10.1. The van der Waals surface area contributed by atoms with E-state index in [0.717, 1.165) is 16.8 Å². The molecule has 2 heterocycles. The molecule has 4 rings (SSSR count). The number of carbonyl (C=O) groups is 1. The highest BCUT2D eigenvalue weighted by atomic mass is 35.5. The van der Waals surface area contributed by atoms with Gasteiger partial charge in [0.15, 0.2) is 5.76 Å². The third-order valence-corrected chi connectivity index (χ3v) is 6.17. The van der Waals surface area contributed by atoms with Gasteiger partial charge in [-0.3, -0.25) is 9.48 Å². The van der Waals surface area contributed by atoms with Crippen molar-refractivity contribution in [3.8, 4) is 5.75 Å². The van der Waals surface area contributed by atoms with E-state index in [9.17, 15) is 4.79 Å². The first kappa shape index (κ1) is 24.2. The zero-order chi connectivity index (χ0) is 24.4. The SMILES string of the molecule is Cc1cc(Cl)ccc1OCc1ccc(C(=O)Nc2c(C)nn(Cc3ccc(Cl)cc3Cl)c2C)o1. The van der Waals surface area contributed by atoms with Crippen LogP contribution in [0.5, 0.6) is 5.75 Å². The Hall–Kier alpha value is -2.93. The van der Waals surface area contributed by atoms with Gasteiger partial charge in [-0.15, -0.1) is 0 Å². The lowest BCUT2D eigenvalue weighted by atomic mass is 10.2. The molecular formula is C25H22Cl3N3O3. The minimum atomic E-state index is -0.371. The van der Waals surface area contributed by atoms with E-state index in [2.05, 4.69) is 10.4 Å². The molecule has 6 nitrogen and oxygen atoms in total. The van der Waals surface area contributed by atoms with E-state index < -0.39 is 0 Å². The summed E-state index contributed by atoms with van der Waals surface area (Å²) < 4.78 is 13.3. The average molecular weight is 519 g/mol. The first-order valence-electron chi connectivity index (χ1n) is 10.5. The van der Waals surface area contributed by atoms with Crippen molar-refractivity contribution in [1.29, 1.82) is 0 Å². The smallest absolute Gasteiger partial charge is 0.291 e. The molecule has 34 heavy (non-hydrogen) atoms. The third kappa shape index (κ3) is 5.41. The highest BCUT2D eigenvalue weighted by molar-refractivity contribution is 6.35. The predicted octanol–water partition coefficient (Wildman–Crippen LogP) is 7.24. The summed E-state index contributed by atoms with van der Waals surface area (Å²) in [4.78, 5) is 12.8. The van der Waals surface area contributed by atoms with Crippen LogP contribution in [0.4, 0.5) is 5.69 Å². The Labute approximate surface area is 212 Å². The molecule has 176 valence electrons. The van der Waals surface area contributed by atoms with Crippen molar-refractivity contribution in [1.82, 2.24) is 9.78 Å². The van der Waals surface area contributed by atoms with E-state index in [1.165, 1.54) is 0 Å². The van der Waals surface area contributed by atoms with Crippen LogP contribution in [0.15, 0.2) is 52.9 Å². The quantitative estimate of drug-likeness (QED) is 0.280. The summed E-state index contributed by atoms with van der Waals surface area (Å²) in [7, 11) is 0. The van der Waals surface area contributed by atoms with Gasteiger partial charge in [-0.1, -0.05) is 40.9 Å². The maximum absolute atomic E-state index is 12.8. The Morgan fingerprint density at radius 2 is 1.76 bits per heavy atom. The van der Waals surface area contributed by atoms with Crippen LogP contribution in [0.2, 0.25) is 15.1 Å². The van der Waals surface area contributed by atoms with Crippen LogP contribution >= 0.6 is 34.8 Å². The number of nitrogens with one attached hydrogen (secondary N) is 1. The van der Waals surface area contributed by atoms with Gasteiger partial charge >= 0.3 is 0 Å². The van der Waals surface area contributed by atoms with E-state index >= 15 is 0 Å². The second-order valence-electron chi connectivity index (χ2n) is 7.86. The molecule has 0 radical (unpaired) electrons. The third-order valence-electron chi connectivity index (χ3n) is 5.35. The molecule has 0 saturated carbocycles. The van der Waals surface area contributed by atoms with Crippen molar-refractivity contribution >= 4 is 46.4 Å². The highest BCUT2D eigenvalue weighted by Gasteiger charge is 2.18. The molecule has 1 amide bonds. The Kier molecular flexibility index (Phi) is 7.22. The van der Waals surface area contributed by atoms with Crippen LogP contribution in [0.1, 0.15) is 38.8 Å². The molecule has 0 bridgehead atoms. The van der Waals surface area contributed by atoms with Crippen LogP contribution in [0, 0.1) is 20.8 Å². The van der Waals surface area contributed by atoms with E-state index in [0.29, 0.717) is 44.5 Å². The molecule has 0 atom stereocenters. The summed E-state index contributed by atoms with van der Waals surface area (Å²) in [6.07, 6.45) is 0. The number of nitrogens with zero attached hydrogens (tertiary/aromatic N) is 2. The molecule has 0 aliphatic rings. The van der Waals surface area contributed by atoms with Crippen LogP contribution in [-0.4, -0.2) is 15.7 Å². The molecule has 2 aromatic carbocycles. The Balaban J connectivity index is 1.43. The largest absolute Gasteiger partial charge is 0.485 e. The fourth-order valence-corrected chi connectivity index (χ4v) is 4.21. The number of ether oxygens (including phenoxy) is 1. The van der Waals surface area contributed by atoms with Gasteiger partial charge in [0, 0.05) is 15.1 Å². The minimum Gasteiger partial charge on any atom is -0.485 e. The predicted molar refractivity (Wildman–Crippen MR) is 134 cm³/mol. The summed E-state index contributed by atoms with van der Waals surface area (Å²) in [5.74, 6) is 1.04. The van der Waals surface area contributed by atoms with Gasteiger partial charge in [0.05, 0.1) is 23.6 Å². The summed E-state index contributed by atoms with van der Waals surface area (Å²) >= 11 is 18.3. The van der Waals surface area contributed by atoms with Crippen LogP contribution < -0.4 is 10.1 Å². The molecule has 0 aliphatic carbocycles. The van der Waals surface area contributed by atoms with Gasteiger partial charge < -0.3 is 14.5 Å². The average Bonchev–Trinajstić information content (AvgIpc) is 3.35. The van der Waals surface area contributed by atoms with Gasteiger partial charge in [0.25, 0.3) is 5.91 Å². The lowest BCUT2D eigenvalue weighted by molar-refractivity contribution is 0.0992. The number of hydrogen-bond acceptors (Lipinski definition) is 4. The lowest BCUT2D eigenvalue weighted by Gasteiger charge is -2.08. The molecule has 0 unspecified atom stereocenters. The number of aromatic nitrogens is 2. The van der Waals surface area contributed by atoms with Gasteiger partial charge in [-0.05, 0) is 74.4 Å². The number of amides is 1. The van der Waals surface area contributed by atoms with Crippen LogP contribution in [0.25, 0.3) is 0 Å². The van der Waals surface area contributed by atoms with Crippen molar-refractivity contribution in [2.45, 2.75) is 33.9 Å². The molecule has 9 heteroatoms. The Morgan fingerprint density at radius 3 is 2.50 bits per heavy atom. The maximum Gasteiger partial charge on any atom is 0.291 e. The first-order chi connectivity index (χ1) is 16.2.